The number of carbonyl (C=O) groups is 1. The second-order valence-electron chi connectivity index (χ2n) is 3.65. The predicted octanol–water partition coefficient (Wildman–Crippen LogP) is 3.15. The first-order valence-corrected chi connectivity index (χ1v) is 5.95. The van der Waals surface area contributed by atoms with E-state index in [-0.39, 0.29) is 5.78 Å². The lowest BCUT2D eigenvalue weighted by Crippen LogP contribution is -2.07. The van der Waals surface area contributed by atoms with Crippen LogP contribution in [0.1, 0.15) is 36.8 Å². The van der Waals surface area contributed by atoms with Crippen molar-refractivity contribution in [3.8, 4) is 6.07 Å². The zero-order valence-electron chi connectivity index (χ0n) is 8.32. The van der Waals surface area contributed by atoms with Gasteiger partial charge >= 0.3 is 0 Å². The summed E-state index contributed by atoms with van der Waals surface area (Å²) in [5, 5.41) is 12.6. The maximum atomic E-state index is 11.6. The molecule has 1 saturated carbocycles. The first-order chi connectivity index (χ1) is 7.31. The summed E-state index contributed by atoms with van der Waals surface area (Å²) in [4.78, 5) is 11.6. The number of ketones is 1. The molecule has 0 atom stereocenters. The quantitative estimate of drug-likeness (QED) is 0.678. The molecule has 0 bridgehead atoms. The number of rotatable bonds is 1. The first-order valence-electron chi connectivity index (χ1n) is 5.01. The van der Waals surface area contributed by atoms with Crippen LogP contribution in [0.4, 0.5) is 0 Å². The number of carbonyl (C=O) groups excluding carboxylic acids is 1. The smallest absolute Gasteiger partial charge is 0.158 e. The van der Waals surface area contributed by atoms with Crippen molar-refractivity contribution in [2.45, 2.75) is 25.7 Å². The lowest BCUT2D eigenvalue weighted by Gasteiger charge is -2.11. The highest BCUT2D eigenvalue weighted by atomic mass is 32.1. The second-order valence-corrected chi connectivity index (χ2v) is 4.40. The fourth-order valence-electron chi connectivity index (χ4n) is 1.75. The van der Waals surface area contributed by atoms with Crippen molar-refractivity contribution >= 4 is 23.2 Å². The molecule has 0 saturated heterocycles. The van der Waals surface area contributed by atoms with E-state index in [0.29, 0.717) is 12.0 Å². The predicted molar refractivity (Wildman–Crippen MR) is 60.5 cm³/mol. The Morgan fingerprint density at radius 2 is 2.13 bits per heavy atom. The van der Waals surface area contributed by atoms with Crippen LogP contribution in [0.15, 0.2) is 16.3 Å². The SMILES string of the molecule is N#Cc1cscc1/C=C1\CCCCC1=O. The molecule has 0 N–H and O–H groups in total. The van der Waals surface area contributed by atoms with Crippen molar-refractivity contribution < 1.29 is 4.79 Å². The van der Waals surface area contributed by atoms with Gasteiger partial charge in [-0.3, -0.25) is 4.79 Å². The van der Waals surface area contributed by atoms with Crippen LogP contribution >= 0.6 is 11.3 Å². The Labute approximate surface area is 92.8 Å². The van der Waals surface area contributed by atoms with E-state index in [9.17, 15) is 4.79 Å². The third-order valence-corrected chi connectivity index (χ3v) is 3.36. The molecule has 0 amide bonds. The van der Waals surface area contributed by atoms with Gasteiger partial charge in [0, 0.05) is 17.4 Å². The van der Waals surface area contributed by atoms with Gasteiger partial charge in [0.15, 0.2) is 5.78 Å². The van der Waals surface area contributed by atoms with E-state index in [4.69, 9.17) is 5.26 Å². The second kappa shape index (κ2) is 4.41. The molecule has 3 heteroatoms. The minimum Gasteiger partial charge on any atom is -0.295 e. The fraction of sp³-hybridized carbons (Fsp3) is 0.333. The van der Waals surface area contributed by atoms with E-state index in [2.05, 4.69) is 6.07 Å². The Kier molecular flexibility index (Phi) is 2.98. The molecule has 1 aliphatic carbocycles. The molecule has 1 aliphatic rings. The highest BCUT2D eigenvalue weighted by molar-refractivity contribution is 7.08. The molecular weight excluding hydrogens is 206 g/mol. The number of nitriles is 1. The lowest BCUT2D eigenvalue weighted by atomic mass is 9.92. The van der Waals surface area contributed by atoms with Crippen molar-refractivity contribution in [2.75, 3.05) is 0 Å². The van der Waals surface area contributed by atoms with Crippen LogP contribution in [0.5, 0.6) is 0 Å². The lowest BCUT2D eigenvalue weighted by molar-refractivity contribution is -0.116. The van der Waals surface area contributed by atoms with E-state index in [1.807, 2.05) is 16.8 Å². The van der Waals surface area contributed by atoms with Gasteiger partial charge in [-0.25, -0.2) is 0 Å². The molecule has 0 radical (unpaired) electrons. The van der Waals surface area contributed by atoms with E-state index in [0.717, 1.165) is 30.4 Å². The summed E-state index contributed by atoms with van der Waals surface area (Å²) in [5.74, 6) is 0.247. The molecule has 0 unspecified atom stereocenters. The van der Waals surface area contributed by atoms with Crippen LogP contribution in [-0.4, -0.2) is 5.78 Å². The highest BCUT2D eigenvalue weighted by Crippen LogP contribution is 2.24. The molecule has 1 fully saturated rings. The van der Waals surface area contributed by atoms with Gasteiger partial charge < -0.3 is 0 Å². The third-order valence-electron chi connectivity index (χ3n) is 2.60. The minimum atomic E-state index is 0.247. The van der Waals surface area contributed by atoms with Crippen molar-refractivity contribution in [1.29, 1.82) is 5.26 Å². The van der Waals surface area contributed by atoms with Crippen molar-refractivity contribution in [1.82, 2.24) is 0 Å². The van der Waals surface area contributed by atoms with E-state index >= 15 is 0 Å². The number of thiophene rings is 1. The molecule has 0 spiro atoms. The summed E-state index contributed by atoms with van der Waals surface area (Å²) < 4.78 is 0. The summed E-state index contributed by atoms with van der Waals surface area (Å²) in [7, 11) is 0. The van der Waals surface area contributed by atoms with Gasteiger partial charge in [0.25, 0.3) is 0 Å². The summed E-state index contributed by atoms with van der Waals surface area (Å²) in [5.41, 5.74) is 2.45. The number of hydrogen-bond acceptors (Lipinski definition) is 3. The van der Waals surface area contributed by atoms with E-state index < -0.39 is 0 Å². The van der Waals surface area contributed by atoms with Crippen molar-refractivity contribution in [2.24, 2.45) is 0 Å². The Bertz CT molecular complexity index is 450. The Balaban J connectivity index is 2.29. The van der Waals surface area contributed by atoms with Crippen LogP contribution in [-0.2, 0) is 4.79 Å². The molecule has 1 aromatic heterocycles. The summed E-state index contributed by atoms with van der Waals surface area (Å²) in [6.45, 7) is 0. The summed E-state index contributed by atoms with van der Waals surface area (Å²) in [6, 6.07) is 2.13. The number of Topliss-reactive ketones (excluding diaryl/α,β-unsaturated/α-hetero) is 1. The largest absolute Gasteiger partial charge is 0.295 e. The molecule has 76 valence electrons. The van der Waals surface area contributed by atoms with Gasteiger partial charge in [-0.05, 0) is 36.3 Å². The highest BCUT2D eigenvalue weighted by Gasteiger charge is 2.15. The molecule has 15 heavy (non-hydrogen) atoms. The van der Waals surface area contributed by atoms with E-state index in [1.54, 1.807) is 0 Å². The van der Waals surface area contributed by atoms with Crippen LogP contribution < -0.4 is 0 Å². The maximum Gasteiger partial charge on any atom is 0.158 e. The first kappa shape index (κ1) is 10.1. The normalized spacial score (nSPS) is 19.1. The van der Waals surface area contributed by atoms with Crippen LogP contribution in [0.2, 0.25) is 0 Å². The Hall–Kier alpha value is -1.40. The molecule has 0 aromatic carbocycles. The fourth-order valence-corrected chi connectivity index (χ4v) is 2.49. The van der Waals surface area contributed by atoms with Gasteiger partial charge in [0.2, 0.25) is 0 Å². The minimum absolute atomic E-state index is 0.247. The van der Waals surface area contributed by atoms with Crippen LogP contribution in [0.25, 0.3) is 6.08 Å². The van der Waals surface area contributed by atoms with Gasteiger partial charge in [0.05, 0.1) is 5.56 Å². The topological polar surface area (TPSA) is 40.9 Å². The van der Waals surface area contributed by atoms with E-state index in [1.165, 1.54) is 11.3 Å². The average Bonchev–Trinajstić information content (AvgIpc) is 2.69. The Morgan fingerprint density at radius 1 is 1.33 bits per heavy atom. The van der Waals surface area contributed by atoms with Crippen molar-refractivity contribution in [3.63, 3.8) is 0 Å². The summed E-state index contributed by atoms with van der Waals surface area (Å²) >= 11 is 1.50. The number of nitrogens with zero attached hydrogens (tertiary/aromatic N) is 1. The average molecular weight is 217 g/mol. The molecule has 1 aromatic rings. The molecular formula is C12H11NOS. The molecule has 1 heterocycles. The van der Waals surface area contributed by atoms with Gasteiger partial charge in [-0.1, -0.05) is 0 Å². The monoisotopic (exact) mass is 217 g/mol. The number of hydrogen-bond donors (Lipinski definition) is 0. The third kappa shape index (κ3) is 2.16. The van der Waals surface area contributed by atoms with Crippen LogP contribution in [0, 0.1) is 11.3 Å². The zero-order chi connectivity index (χ0) is 10.7. The zero-order valence-corrected chi connectivity index (χ0v) is 9.14. The standard InChI is InChI=1S/C12H11NOS/c13-6-11-8-15-7-10(11)5-9-3-1-2-4-12(9)14/h5,7-8H,1-4H2/b9-5+. The molecule has 0 aliphatic heterocycles. The summed E-state index contributed by atoms with van der Waals surface area (Å²) in [6.07, 6.45) is 5.50. The van der Waals surface area contributed by atoms with Gasteiger partial charge in [0.1, 0.15) is 6.07 Å². The molecule has 2 nitrogen and oxygen atoms in total. The van der Waals surface area contributed by atoms with Gasteiger partial charge in [-0.2, -0.15) is 16.6 Å². The van der Waals surface area contributed by atoms with Crippen molar-refractivity contribution in [3.05, 3.63) is 27.5 Å². The van der Waals surface area contributed by atoms with Crippen LogP contribution in [0.3, 0.4) is 0 Å². The molecule has 2 rings (SSSR count). The number of allylic oxidation sites excluding steroid dienone is 1. The Morgan fingerprint density at radius 3 is 2.87 bits per heavy atom. The van der Waals surface area contributed by atoms with Gasteiger partial charge in [-0.15, -0.1) is 0 Å². The maximum absolute atomic E-state index is 11.6.